The molecule has 2 aromatic rings. The Bertz CT molecular complexity index is 1880. The Morgan fingerprint density at radius 3 is 1.11 bits per heavy atom. The maximum absolute atomic E-state index is 13.1. The van der Waals surface area contributed by atoms with E-state index in [4.69, 9.17) is 14.2 Å². The minimum atomic E-state index is -2.64. The molecule has 0 bridgehead atoms. The van der Waals surface area contributed by atoms with E-state index in [1.807, 2.05) is 146 Å². The van der Waals surface area contributed by atoms with E-state index in [0.717, 1.165) is 27.7 Å². The Kier molecular flexibility index (Phi) is 24.2. The number of carbonyl (C=O) groups excluding carboxylic acids is 6. The predicted octanol–water partition coefficient (Wildman–Crippen LogP) is 0.537. The van der Waals surface area contributed by atoms with E-state index >= 15 is 0 Å². The number of amides is 6. The van der Waals surface area contributed by atoms with E-state index in [0.29, 0.717) is 21.4 Å². The number of halogens is 6. The van der Waals surface area contributed by atoms with E-state index in [-0.39, 0.29) is 75.2 Å². The van der Waals surface area contributed by atoms with Gasteiger partial charge in [0.15, 0.2) is 11.4 Å². The van der Waals surface area contributed by atoms with Gasteiger partial charge >= 0.3 is 0 Å². The second-order valence-corrected chi connectivity index (χ2v) is 20.8. The molecule has 0 aliphatic rings. The molecule has 0 aliphatic heterocycles. The van der Waals surface area contributed by atoms with Gasteiger partial charge in [-0.05, 0) is 175 Å². The number of carbonyl (C=O) groups is 6. The molecule has 0 aromatic heterocycles. The van der Waals surface area contributed by atoms with Crippen LogP contribution in [0.5, 0.6) is 0 Å². The number of benzene rings is 2. The van der Waals surface area contributed by atoms with Crippen LogP contribution in [0.15, 0.2) is 12.1 Å². The van der Waals surface area contributed by atoms with Gasteiger partial charge in [0.1, 0.15) is 0 Å². The number of rotatable bonds is 24. The number of aliphatic hydroxyl groups is 6. The van der Waals surface area contributed by atoms with Crippen LogP contribution in [-0.2, 0) is 33.4 Å². The van der Waals surface area contributed by atoms with Gasteiger partial charge in [-0.15, -0.1) is 0 Å². The van der Waals surface area contributed by atoms with Crippen LogP contribution in [0.2, 0.25) is 0 Å². The topological polar surface area (TPSA) is 324 Å². The second kappa shape index (κ2) is 26.1. The fraction of sp³-hybridized carbons (Fsp3) is 0.500. The quantitative estimate of drug-likeness (QED) is 0.0296. The van der Waals surface area contributed by atoms with Crippen LogP contribution in [0.1, 0.15) is 48.4 Å². The summed E-state index contributed by atoms with van der Waals surface area (Å²) in [7, 11) is 0. The van der Waals surface area contributed by atoms with Crippen molar-refractivity contribution in [3.63, 3.8) is 0 Å². The Balaban J connectivity index is 1.77. The summed E-state index contributed by atoms with van der Waals surface area (Å²) in [5.41, 5.74) is -8.60. The molecule has 12 N–H and O–H groups in total. The molecule has 0 aliphatic carbocycles. The molecule has 4 unspecified atom stereocenters. The molecule has 0 radical (unpaired) electrons. The van der Waals surface area contributed by atoms with Crippen molar-refractivity contribution in [1.82, 2.24) is 21.3 Å². The maximum atomic E-state index is 13.1. The van der Waals surface area contributed by atoms with E-state index in [1.165, 1.54) is 0 Å². The van der Waals surface area contributed by atoms with E-state index < -0.39 is 71.3 Å². The van der Waals surface area contributed by atoms with Crippen LogP contribution in [0, 0.1) is 21.4 Å². The molecule has 2 rings (SSSR count). The van der Waals surface area contributed by atoms with Crippen molar-refractivity contribution in [3.05, 3.63) is 44.7 Å². The zero-order valence-electron chi connectivity index (χ0n) is 33.9. The van der Waals surface area contributed by atoms with Crippen LogP contribution in [-0.4, -0.2) is 155 Å². The Hall–Kier alpha value is -0.720. The zero-order chi connectivity index (χ0) is 48.1. The van der Waals surface area contributed by atoms with Crippen molar-refractivity contribution in [2.45, 2.75) is 50.3 Å². The smallest absolute Gasteiger partial charge is 0.265 e. The van der Waals surface area contributed by atoms with Gasteiger partial charge in [0.25, 0.3) is 35.4 Å². The van der Waals surface area contributed by atoms with Crippen LogP contribution in [0.4, 0.5) is 11.4 Å². The normalized spacial score (nSPS) is 15.1. The largest absolute Gasteiger partial charge is 0.391 e. The minimum absolute atomic E-state index is 0.140. The Morgan fingerprint density at radius 2 is 0.810 bits per heavy atom. The van der Waals surface area contributed by atoms with Crippen molar-refractivity contribution >= 4 is 182 Å². The summed E-state index contributed by atoms with van der Waals surface area (Å²) < 4.78 is 19.4. The van der Waals surface area contributed by atoms with Gasteiger partial charge in [0.05, 0.1) is 82.5 Å². The molecular formula is C36H46I6N6O15. The van der Waals surface area contributed by atoms with E-state index in [2.05, 4.69) is 21.3 Å². The number of anilines is 2. The highest BCUT2D eigenvalue weighted by atomic mass is 127. The van der Waals surface area contributed by atoms with Gasteiger partial charge in [-0.25, -0.2) is 0 Å². The van der Waals surface area contributed by atoms with Gasteiger partial charge in [0.2, 0.25) is 11.2 Å². The van der Waals surface area contributed by atoms with Crippen LogP contribution in [0.3, 0.4) is 0 Å². The molecule has 2 aromatic carbocycles. The van der Waals surface area contributed by atoms with E-state index in [1.54, 1.807) is 12.1 Å². The predicted molar refractivity (Wildman–Crippen MR) is 277 cm³/mol. The van der Waals surface area contributed by atoms with Gasteiger partial charge in [0, 0.05) is 27.4 Å². The van der Waals surface area contributed by atoms with Gasteiger partial charge in [-0.3, -0.25) is 28.8 Å². The summed E-state index contributed by atoms with van der Waals surface area (Å²) >= 11 is 11.6. The third-order valence-corrected chi connectivity index (χ3v) is 13.8. The van der Waals surface area contributed by atoms with Gasteiger partial charge in [-0.2, -0.15) is 0 Å². The van der Waals surface area contributed by atoms with Crippen molar-refractivity contribution < 1.29 is 73.6 Å². The van der Waals surface area contributed by atoms with Crippen molar-refractivity contribution in [1.29, 1.82) is 0 Å². The number of aliphatic hydroxyl groups excluding tert-OH is 2. The number of nitrogens with one attached hydrogen (secondary N) is 6. The number of hydrogen-bond donors (Lipinski definition) is 12. The first kappa shape index (κ1) is 58.4. The second-order valence-electron chi connectivity index (χ2n) is 14.0. The van der Waals surface area contributed by atoms with Crippen LogP contribution >= 0.6 is 136 Å². The molecule has 27 heteroatoms. The Labute approximate surface area is 443 Å². The average Bonchev–Trinajstić information content (AvgIpc) is 3.18. The summed E-state index contributed by atoms with van der Waals surface area (Å²) in [4.78, 5) is 77.2. The van der Waals surface area contributed by atoms with Gasteiger partial charge < -0.3 is 76.8 Å². The molecular weight excluding hydrogens is 1520 g/mol. The lowest BCUT2D eigenvalue weighted by Gasteiger charge is -2.28. The SMILES string of the molecule is CC(O)(CO)NC(=O)C(C)(O)C(=O)Nc1c(I)cc(I)c(C(=O)NCCOCCOCCOCCNC(=O)c2c(I)cc(I)c(NC(=O)C(C)(O)C(=O)NC(C)(O)CO)c2I)c1I. The lowest BCUT2D eigenvalue weighted by molar-refractivity contribution is -0.155. The zero-order valence-corrected chi connectivity index (χ0v) is 46.8. The highest BCUT2D eigenvalue weighted by molar-refractivity contribution is 14.1. The highest BCUT2D eigenvalue weighted by Gasteiger charge is 2.43. The first-order valence-corrected chi connectivity index (χ1v) is 24.7. The van der Waals surface area contributed by atoms with Crippen molar-refractivity contribution in [2.24, 2.45) is 0 Å². The molecule has 352 valence electrons. The fourth-order valence-corrected chi connectivity index (χ4v) is 12.8. The number of ether oxygens (including phenoxy) is 3. The molecule has 21 nitrogen and oxygen atoms in total. The lowest BCUT2D eigenvalue weighted by atomic mass is 10.0. The summed E-state index contributed by atoms with van der Waals surface area (Å²) in [6.07, 6.45) is 0. The lowest BCUT2D eigenvalue weighted by Crippen LogP contribution is -2.60. The van der Waals surface area contributed by atoms with Crippen LogP contribution in [0.25, 0.3) is 0 Å². The van der Waals surface area contributed by atoms with Crippen molar-refractivity contribution in [3.8, 4) is 0 Å². The average molecular weight is 1560 g/mol. The minimum Gasteiger partial charge on any atom is -0.391 e. The first-order valence-electron chi connectivity index (χ1n) is 18.2. The molecule has 6 amide bonds. The summed E-state index contributed by atoms with van der Waals surface area (Å²) in [5, 5.41) is 73.9. The maximum Gasteiger partial charge on any atom is 0.265 e. The standard InChI is InChI=1S/C36H46I6N6O15/c1-33(57,15-49)47-31(55)35(3,59)29(53)45-25-19(39)13-17(37)21(23(25)41)27(51)43-5-7-61-9-11-63-12-10-62-8-6-44-28(52)22-18(38)14-20(40)26(24(22)42)46-30(54)36(4,60)32(56)48-34(2,58)16-50/h13-14,49-50,57-60H,5-12,15-16H2,1-4H3,(H,43,51)(H,44,52)(H,45,53)(H,46,54)(H,47,55)(H,48,56). The molecule has 0 heterocycles. The molecule has 0 saturated carbocycles. The number of hydrogen-bond acceptors (Lipinski definition) is 15. The third kappa shape index (κ3) is 17.4. The summed E-state index contributed by atoms with van der Waals surface area (Å²) in [6, 6.07) is 3.27. The third-order valence-electron chi connectivity index (χ3n) is 8.23. The Morgan fingerprint density at radius 1 is 0.508 bits per heavy atom. The summed E-state index contributed by atoms with van der Waals surface area (Å²) in [5.74, 6) is -5.69. The first-order chi connectivity index (χ1) is 29.1. The van der Waals surface area contributed by atoms with E-state index in [9.17, 15) is 59.4 Å². The van der Waals surface area contributed by atoms with Gasteiger partial charge in [-0.1, -0.05) is 0 Å². The monoisotopic (exact) mass is 1560 g/mol. The van der Waals surface area contributed by atoms with Crippen molar-refractivity contribution in [2.75, 3.05) is 76.6 Å². The van der Waals surface area contributed by atoms with Crippen LogP contribution < -0.4 is 31.9 Å². The molecule has 0 saturated heterocycles. The summed E-state index contributed by atoms with van der Waals surface area (Å²) in [6.45, 7) is 3.78. The fourth-order valence-electron chi connectivity index (χ4n) is 4.51. The molecule has 63 heavy (non-hydrogen) atoms. The molecule has 0 spiro atoms. The molecule has 4 atom stereocenters. The highest BCUT2D eigenvalue weighted by Crippen LogP contribution is 2.34. The molecule has 0 fully saturated rings.